The molecule has 1 unspecified atom stereocenters. The lowest BCUT2D eigenvalue weighted by Gasteiger charge is -2.18. The van der Waals surface area contributed by atoms with Crippen LogP contribution in [0.5, 0.6) is 0 Å². The van der Waals surface area contributed by atoms with Gasteiger partial charge in [-0.15, -0.1) is 0 Å². The van der Waals surface area contributed by atoms with Crippen molar-refractivity contribution in [2.75, 3.05) is 6.54 Å². The van der Waals surface area contributed by atoms with Gasteiger partial charge in [-0.1, -0.05) is 47.1 Å². The molecule has 1 N–H and O–H groups in total. The number of benzene rings is 1. The van der Waals surface area contributed by atoms with Gasteiger partial charge in [-0.05, 0) is 36.7 Å². The number of nitrogens with one attached hydrogen (secondary N) is 1. The van der Waals surface area contributed by atoms with Crippen LogP contribution in [-0.2, 0) is 12.8 Å². The highest BCUT2D eigenvalue weighted by Crippen LogP contribution is 2.18. The molecule has 19 heavy (non-hydrogen) atoms. The van der Waals surface area contributed by atoms with Gasteiger partial charge in [0.1, 0.15) is 0 Å². The lowest BCUT2D eigenvalue weighted by Crippen LogP contribution is -2.33. The van der Waals surface area contributed by atoms with Gasteiger partial charge in [0.05, 0.1) is 0 Å². The van der Waals surface area contributed by atoms with Crippen LogP contribution in [0, 0.1) is 0 Å². The van der Waals surface area contributed by atoms with Gasteiger partial charge in [0.2, 0.25) is 0 Å². The molecule has 0 aliphatic heterocycles. The van der Waals surface area contributed by atoms with Crippen LogP contribution in [0.1, 0.15) is 18.2 Å². The second-order valence-electron chi connectivity index (χ2n) is 4.58. The third-order valence-corrected chi connectivity index (χ3v) is 3.87. The summed E-state index contributed by atoms with van der Waals surface area (Å²) in [6, 6.07) is 14.9. The fourth-order valence-corrected chi connectivity index (χ4v) is 2.65. The molecule has 1 aromatic heterocycles. The summed E-state index contributed by atoms with van der Waals surface area (Å²) in [5.41, 5.74) is 2.48. The first-order valence-corrected chi connectivity index (χ1v) is 7.45. The number of aromatic nitrogens is 1. The molecule has 100 valence electrons. The maximum absolute atomic E-state index is 4.41. The second-order valence-corrected chi connectivity index (χ2v) is 5.43. The first-order valence-electron chi connectivity index (χ1n) is 6.66. The van der Waals surface area contributed by atoms with Gasteiger partial charge < -0.3 is 5.32 Å². The van der Waals surface area contributed by atoms with Crippen molar-refractivity contribution in [1.82, 2.24) is 10.3 Å². The third-order valence-electron chi connectivity index (χ3n) is 3.10. The number of hydrogen-bond acceptors (Lipinski definition) is 2. The van der Waals surface area contributed by atoms with Gasteiger partial charge in [0, 0.05) is 28.8 Å². The van der Waals surface area contributed by atoms with E-state index in [4.69, 9.17) is 0 Å². The molecule has 0 fully saturated rings. The van der Waals surface area contributed by atoms with E-state index in [1.165, 1.54) is 10.0 Å². The highest BCUT2D eigenvalue weighted by atomic mass is 79.9. The molecule has 3 heteroatoms. The van der Waals surface area contributed by atoms with E-state index in [2.05, 4.69) is 63.5 Å². The van der Waals surface area contributed by atoms with Gasteiger partial charge >= 0.3 is 0 Å². The van der Waals surface area contributed by atoms with Crippen LogP contribution < -0.4 is 5.32 Å². The quantitative estimate of drug-likeness (QED) is 0.880. The fourth-order valence-electron chi connectivity index (χ4n) is 2.21. The average molecular weight is 319 g/mol. The molecule has 0 saturated carbocycles. The number of hydrogen-bond donors (Lipinski definition) is 1. The summed E-state index contributed by atoms with van der Waals surface area (Å²) in [4.78, 5) is 4.41. The van der Waals surface area contributed by atoms with Crippen LogP contribution >= 0.6 is 15.9 Å². The predicted molar refractivity (Wildman–Crippen MR) is 83.3 cm³/mol. The maximum Gasteiger partial charge on any atom is 0.0419 e. The molecule has 0 aliphatic carbocycles. The highest BCUT2D eigenvalue weighted by molar-refractivity contribution is 9.10. The minimum Gasteiger partial charge on any atom is -0.314 e. The van der Waals surface area contributed by atoms with Crippen molar-refractivity contribution in [3.63, 3.8) is 0 Å². The van der Waals surface area contributed by atoms with E-state index in [1.807, 2.05) is 18.3 Å². The largest absolute Gasteiger partial charge is 0.314 e. The van der Waals surface area contributed by atoms with Crippen molar-refractivity contribution < 1.29 is 0 Å². The van der Waals surface area contributed by atoms with E-state index >= 15 is 0 Å². The van der Waals surface area contributed by atoms with Gasteiger partial charge in [-0.2, -0.15) is 0 Å². The van der Waals surface area contributed by atoms with E-state index in [0.717, 1.165) is 25.1 Å². The number of nitrogens with zero attached hydrogens (tertiary/aromatic N) is 1. The Morgan fingerprint density at radius 3 is 2.58 bits per heavy atom. The van der Waals surface area contributed by atoms with Crippen LogP contribution in [0.3, 0.4) is 0 Å². The van der Waals surface area contributed by atoms with Crippen molar-refractivity contribution in [3.8, 4) is 0 Å². The molecule has 0 saturated heterocycles. The lowest BCUT2D eigenvalue weighted by molar-refractivity contribution is 0.516. The van der Waals surface area contributed by atoms with Crippen LogP contribution in [-0.4, -0.2) is 17.6 Å². The minimum atomic E-state index is 0.415. The van der Waals surface area contributed by atoms with Crippen molar-refractivity contribution in [1.29, 1.82) is 0 Å². The zero-order valence-corrected chi connectivity index (χ0v) is 12.7. The molecule has 0 aliphatic rings. The summed E-state index contributed by atoms with van der Waals surface area (Å²) >= 11 is 3.62. The average Bonchev–Trinajstić information content (AvgIpc) is 2.43. The summed E-state index contributed by atoms with van der Waals surface area (Å²) in [5.74, 6) is 0. The molecule has 0 bridgehead atoms. The number of likely N-dealkylation sites (N-methyl/N-ethyl adjacent to an activating group) is 1. The molecule has 1 heterocycles. The number of halogens is 1. The highest BCUT2D eigenvalue weighted by Gasteiger charge is 2.11. The van der Waals surface area contributed by atoms with Crippen LogP contribution in [0.2, 0.25) is 0 Å². The Hall–Kier alpha value is -1.19. The summed E-state index contributed by atoms with van der Waals surface area (Å²) in [7, 11) is 0. The Morgan fingerprint density at radius 1 is 1.11 bits per heavy atom. The van der Waals surface area contributed by atoms with Crippen molar-refractivity contribution in [2.45, 2.75) is 25.8 Å². The predicted octanol–water partition coefficient (Wildman–Crippen LogP) is 3.61. The van der Waals surface area contributed by atoms with E-state index in [1.54, 1.807) is 0 Å². The molecule has 2 nitrogen and oxygen atoms in total. The molecule has 0 radical (unpaired) electrons. The molecule has 0 amide bonds. The molecular formula is C16H19BrN2. The fraction of sp³-hybridized carbons (Fsp3) is 0.312. The van der Waals surface area contributed by atoms with Crippen molar-refractivity contribution >= 4 is 15.9 Å². The maximum atomic E-state index is 4.41. The number of rotatable bonds is 6. The zero-order chi connectivity index (χ0) is 13.5. The summed E-state index contributed by atoms with van der Waals surface area (Å²) < 4.78 is 1.18. The Morgan fingerprint density at radius 2 is 1.89 bits per heavy atom. The molecule has 1 aromatic carbocycles. The lowest BCUT2D eigenvalue weighted by atomic mass is 10.0. The van der Waals surface area contributed by atoms with Crippen molar-refractivity contribution in [2.24, 2.45) is 0 Å². The first kappa shape index (κ1) is 14.2. The Kier molecular flexibility index (Phi) is 5.55. The van der Waals surface area contributed by atoms with Gasteiger partial charge in [0.15, 0.2) is 0 Å². The topological polar surface area (TPSA) is 24.9 Å². The molecule has 0 spiro atoms. The SMILES string of the molecule is CCNC(Cc1ccccn1)Cc1ccccc1Br. The smallest absolute Gasteiger partial charge is 0.0419 e. The summed E-state index contributed by atoms with van der Waals surface area (Å²) in [6.07, 6.45) is 3.82. The van der Waals surface area contributed by atoms with Crippen LogP contribution in [0.15, 0.2) is 53.1 Å². The van der Waals surface area contributed by atoms with E-state index in [-0.39, 0.29) is 0 Å². The second kappa shape index (κ2) is 7.41. The molecule has 2 rings (SSSR count). The summed E-state index contributed by atoms with van der Waals surface area (Å²) in [5, 5.41) is 3.55. The van der Waals surface area contributed by atoms with E-state index in [9.17, 15) is 0 Å². The van der Waals surface area contributed by atoms with Gasteiger partial charge in [-0.3, -0.25) is 4.98 Å². The normalized spacial score (nSPS) is 12.3. The molecule has 2 aromatic rings. The minimum absolute atomic E-state index is 0.415. The summed E-state index contributed by atoms with van der Waals surface area (Å²) in [6.45, 7) is 3.12. The van der Waals surface area contributed by atoms with Crippen molar-refractivity contribution in [3.05, 3.63) is 64.4 Å². The monoisotopic (exact) mass is 318 g/mol. The van der Waals surface area contributed by atoms with E-state index < -0.39 is 0 Å². The Labute approximate surface area is 123 Å². The molecule has 1 atom stereocenters. The van der Waals surface area contributed by atoms with Crippen LogP contribution in [0.25, 0.3) is 0 Å². The standard InChI is InChI=1S/C16H19BrN2/c1-2-18-15(12-14-8-5-6-10-19-14)11-13-7-3-4-9-16(13)17/h3-10,15,18H,2,11-12H2,1H3. The van der Waals surface area contributed by atoms with Gasteiger partial charge in [0.25, 0.3) is 0 Å². The Balaban J connectivity index is 2.06. The first-order chi connectivity index (χ1) is 9.29. The van der Waals surface area contributed by atoms with Gasteiger partial charge in [-0.25, -0.2) is 0 Å². The number of pyridine rings is 1. The van der Waals surface area contributed by atoms with Crippen LogP contribution in [0.4, 0.5) is 0 Å². The Bertz CT molecular complexity index is 499. The van der Waals surface area contributed by atoms with E-state index in [0.29, 0.717) is 6.04 Å². The molecular weight excluding hydrogens is 300 g/mol. The zero-order valence-electron chi connectivity index (χ0n) is 11.1. The third kappa shape index (κ3) is 4.44.